The molecule has 2 heterocycles. The van der Waals surface area contributed by atoms with E-state index in [1.54, 1.807) is 4.90 Å². The fraction of sp³-hybridized carbons (Fsp3) is 0.583. The molecule has 1 unspecified atom stereocenters. The van der Waals surface area contributed by atoms with Gasteiger partial charge in [0, 0.05) is 6.20 Å². The van der Waals surface area contributed by atoms with Crippen LogP contribution < -0.4 is 4.74 Å². The van der Waals surface area contributed by atoms with Crippen LogP contribution in [0, 0.1) is 5.95 Å². The number of halogens is 1. The molecule has 2 fully saturated rings. The van der Waals surface area contributed by atoms with Crippen LogP contribution in [-0.4, -0.2) is 73.5 Å². The van der Waals surface area contributed by atoms with Crippen LogP contribution in [0.3, 0.4) is 0 Å². The number of hydrogen-bond donors (Lipinski definition) is 4. The van der Waals surface area contributed by atoms with Crippen LogP contribution in [0.5, 0.6) is 5.75 Å². The van der Waals surface area contributed by atoms with Gasteiger partial charge in [0.2, 0.25) is 0 Å². The Bertz CT molecular complexity index is 484. The molecule has 2 aliphatic rings. The predicted molar refractivity (Wildman–Crippen MR) is 63.1 cm³/mol. The van der Waals surface area contributed by atoms with Gasteiger partial charge in [-0.05, 0) is 12.1 Å². The number of likely N-dealkylation sites (tertiary alicyclic amines) is 1. The summed E-state index contributed by atoms with van der Waals surface area (Å²) in [5.74, 6) is -0.792. The lowest BCUT2D eigenvalue weighted by atomic mass is 9.90. The van der Waals surface area contributed by atoms with E-state index in [0.29, 0.717) is 0 Å². The Hall–Kier alpha value is -1.32. The number of aliphatic hydroxyl groups is 4. The Morgan fingerprint density at radius 3 is 2.25 bits per heavy atom. The van der Waals surface area contributed by atoms with Crippen molar-refractivity contribution in [3.05, 3.63) is 24.3 Å². The third-order valence-corrected chi connectivity index (χ3v) is 3.87. The van der Waals surface area contributed by atoms with Crippen molar-refractivity contribution in [3.63, 3.8) is 0 Å². The lowest BCUT2D eigenvalue weighted by molar-refractivity contribution is -0.121. The number of pyridine rings is 1. The second-order valence-corrected chi connectivity index (χ2v) is 5.02. The highest BCUT2D eigenvalue weighted by molar-refractivity contribution is 5.20. The molecule has 20 heavy (non-hydrogen) atoms. The van der Waals surface area contributed by atoms with Gasteiger partial charge in [0.15, 0.2) is 5.75 Å². The highest BCUT2D eigenvalue weighted by atomic mass is 19.1. The summed E-state index contributed by atoms with van der Waals surface area (Å²) in [6, 6.07) is 1.91. The lowest BCUT2D eigenvalue weighted by Crippen LogP contribution is -2.53. The maximum absolute atomic E-state index is 13.3. The van der Waals surface area contributed by atoms with Gasteiger partial charge in [0.05, 0.1) is 24.3 Å². The van der Waals surface area contributed by atoms with Crippen molar-refractivity contribution in [2.24, 2.45) is 0 Å². The maximum Gasteiger partial charge on any atom is 0.255 e. The van der Waals surface area contributed by atoms with E-state index >= 15 is 0 Å². The molecule has 0 radical (unpaired) electrons. The summed E-state index contributed by atoms with van der Waals surface area (Å²) >= 11 is 0. The van der Waals surface area contributed by atoms with Crippen LogP contribution in [-0.2, 0) is 0 Å². The third kappa shape index (κ3) is 2.05. The zero-order chi connectivity index (χ0) is 14.4. The van der Waals surface area contributed by atoms with Gasteiger partial charge in [-0.3, -0.25) is 4.90 Å². The largest absolute Gasteiger partial charge is 0.473 e. The van der Waals surface area contributed by atoms with E-state index in [0.717, 1.165) is 0 Å². The smallest absolute Gasteiger partial charge is 0.255 e. The van der Waals surface area contributed by atoms with E-state index < -0.39 is 42.4 Å². The van der Waals surface area contributed by atoms with E-state index in [1.807, 2.05) is 0 Å². The minimum absolute atomic E-state index is 0.0405. The van der Waals surface area contributed by atoms with Gasteiger partial charge >= 0.3 is 0 Å². The predicted octanol–water partition coefficient (Wildman–Crippen LogP) is -1.93. The molecule has 0 bridgehead atoms. The third-order valence-electron chi connectivity index (χ3n) is 3.87. The first-order chi connectivity index (χ1) is 9.52. The number of rotatable bonds is 3. The van der Waals surface area contributed by atoms with Crippen molar-refractivity contribution in [2.75, 3.05) is 6.73 Å². The van der Waals surface area contributed by atoms with Gasteiger partial charge in [-0.1, -0.05) is 0 Å². The standard InChI is InChI=1S/C12H15FN2O5/c13-12-5(2-1-3-14-12)20-4-15-6-7(15)9(17)11(19)10(18)8(6)16/h1-3,6-11,16-19H,4H2/t6-,7+,8-,9-,10+,11+,15?/m0/s1. The minimum atomic E-state index is -1.41. The van der Waals surface area contributed by atoms with Gasteiger partial charge in [-0.2, -0.15) is 4.39 Å². The van der Waals surface area contributed by atoms with Crippen LogP contribution in [0.2, 0.25) is 0 Å². The van der Waals surface area contributed by atoms with Gasteiger partial charge < -0.3 is 25.2 Å². The molecule has 1 saturated carbocycles. The molecule has 8 heteroatoms. The second kappa shape index (κ2) is 4.90. The molecule has 1 aromatic heterocycles. The quantitative estimate of drug-likeness (QED) is 0.378. The molecule has 1 aliphatic carbocycles. The molecule has 0 aromatic carbocycles. The Kier molecular flexibility index (Phi) is 3.35. The summed E-state index contributed by atoms with van der Waals surface area (Å²) in [7, 11) is 0. The number of nitrogens with zero attached hydrogens (tertiary/aromatic N) is 2. The van der Waals surface area contributed by atoms with Crippen molar-refractivity contribution in [1.82, 2.24) is 9.88 Å². The lowest BCUT2D eigenvalue weighted by Gasteiger charge is -2.29. The number of aromatic nitrogens is 1. The van der Waals surface area contributed by atoms with E-state index in [-0.39, 0.29) is 12.5 Å². The minimum Gasteiger partial charge on any atom is -0.473 e. The number of hydrogen-bond acceptors (Lipinski definition) is 7. The SMILES string of the molecule is O[C@H]1[C@H](O)[C@@H](O)[C@H]2[C@@H]([C@@H]1O)N2COc1cccnc1F. The van der Waals surface area contributed by atoms with E-state index in [2.05, 4.69) is 4.98 Å². The first-order valence-electron chi connectivity index (χ1n) is 6.23. The topological polar surface area (TPSA) is 106 Å². The summed E-state index contributed by atoms with van der Waals surface area (Å²) in [4.78, 5) is 4.98. The number of aliphatic hydroxyl groups excluding tert-OH is 4. The first kappa shape index (κ1) is 13.7. The van der Waals surface area contributed by atoms with Crippen molar-refractivity contribution < 1.29 is 29.6 Å². The van der Waals surface area contributed by atoms with E-state index in [4.69, 9.17) is 4.74 Å². The first-order valence-corrected chi connectivity index (χ1v) is 6.23. The number of fused-ring (bicyclic) bond motifs is 1. The molecule has 1 saturated heterocycles. The van der Waals surface area contributed by atoms with Crippen molar-refractivity contribution in [3.8, 4) is 5.75 Å². The summed E-state index contributed by atoms with van der Waals surface area (Å²) in [6.45, 7) is -0.0779. The summed E-state index contributed by atoms with van der Waals surface area (Å²) in [5, 5.41) is 38.7. The fourth-order valence-electron chi connectivity index (χ4n) is 2.72. The van der Waals surface area contributed by atoms with E-state index in [1.165, 1.54) is 18.3 Å². The Balaban J connectivity index is 1.65. The molecule has 0 spiro atoms. The summed E-state index contributed by atoms with van der Waals surface area (Å²) in [5.41, 5.74) is 0. The molecule has 0 amide bonds. The van der Waals surface area contributed by atoms with Crippen LogP contribution in [0.25, 0.3) is 0 Å². The summed E-state index contributed by atoms with van der Waals surface area (Å²) < 4.78 is 18.5. The van der Waals surface area contributed by atoms with Crippen molar-refractivity contribution in [2.45, 2.75) is 36.5 Å². The van der Waals surface area contributed by atoms with Crippen molar-refractivity contribution >= 4 is 0 Å². The summed E-state index contributed by atoms with van der Waals surface area (Å²) in [6.07, 6.45) is -3.89. The molecular formula is C12H15FN2O5. The Morgan fingerprint density at radius 1 is 1.10 bits per heavy atom. The molecule has 7 atom stereocenters. The highest BCUT2D eigenvalue weighted by Crippen LogP contribution is 2.41. The van der Waals surface area contributed by atoms with E-state index in [9.17, 15) is 24.8 Å². The Morgan fingerprint density at radius 2 is 1.70 bits per heavy atom. The van der Waals surface area contributed by atoms with Gasteiger partial charge in [0.25, 0.3) is 5.95 Å². The zero-order valence-electron chi connectivity index (χ0n) is 10.4. The normalized spacial score (nSPS) is 43.0. The Labute approximate surface area is 113 Å². The monoisotopic (exact) mass is 286 g/mol. The average Bonchev–Trinajstić information content (AvgIpc) is 3.16. The van der Waals surface area contributed by atoms with Crippen LogP contribution in [0.15, 0.2) is 18.3 Å². The second-order valence-electron chi connectivity index (χ2n) is 5.02. The molecule has 110 valence electrons. The molecule has 1 aliphatic heterocycles. The highest BCUT2D eigenvalue weighted by Gasteiger charge is 2.64. The molecule has 7 nitrogen and oxygen atoms in total. The fourth-order valence-corrected chi connectivity index (χ4v) is 2.72. The zero-order valence-corrected chi connectivity index (χ0v) is 10.4. The van der Waals surface area contributed by atoms with Gasteiger partial charge in [-0.15, -0.1) is 0 Å². The molecule has 3 rings (SSSR count). The molecular weight excluding hydrogens is 271 g/mol. The average molecular weight is 286 g/mol. The van der Waals surface area contributed by atoms with Crippen LogP contribution in [0.4, 0.5) is 4.39 Å². The number of ether oxygens (including phenoxy) is 1. The molecule has 4 N–H and O–H groups in total. The van der Waals surface area contributed by atoms with Crippen LogP contribution >= 0.6 is 0 Å². The maximum atomic E-state index is 13.3. The van der Waals surface area contributed by atoms with Crippen LogP contribution in [0.1, 0.15) is 0 Å². The molecule has 1 aromatic rings. The van der Waals surface area contributed by atoms with Gasteiger partial charge in [0.1, 0.15) is 18.9 Å². The van der Waals surface area contributed by atoms with Crippen molar-refractivity contribution in [1.29, 1.82) is 0 Å². The van der Waals surface area contributed by atoms with Gasteiger partial charge in [-0.25, -0.2) is 4.98 Å².